The molecule has 2 heterocycles. The second-order valence-electron chi connectivity index (χ2n) is 18.1. The van der Waals surface area contributed by atoms with E-state index >= 15 is 0 Å². The topological polar surface area (TPSA) is 0 Å². The molecule has 10 aromatic rings. The monoisotopic (exact) mass is 778 g/mol. The van der Waals surface area contributed by atoms with Gasteiger partial charge >= 0.3 is 0 Å². The molecular weight excluding hydrogens is 737 g/mol. The first-order valence-corrected chi connectivity index (χ1v) is 23.9. The van der Waals surface area contributed by atoms with Gasteiger partial charge < -0.3 is 0 Å². The minimum Gasteiger partial charge on any atom is -0.0623 e. The predicted octanol–water partition coefficient (Wildman–Crippen LogP) is 13.9. The largest absolute Gasteiger partial charge is 0.128 e. The molecule has 0 nitrogen and oxygen atoms in total. The van der Waals surface area contributed by atoms with Gasteiger partial charge in [-0.3, -0.25) is 0 Å². The van der Waals surface area contributed by atoms with Crippen molar-refractivity contribution in [1.82, 2.24) is 0 Å². The van der Waals surface area contributed by atoms with E-state index in [9.17, 15) is 0 Å². The molecule has 0 saturated heterocycles. The molecule has 2 aliphatic heterocycles. The van der Waals surface area contributed by atoms with Crippen LogP contribution in [0.5, 0.6) is 0 Å². The van der Waals surface area contributed by atoms with Crippen molar-refractivity contribution < 1.29 is 0 Å². The van der Waals surface area contributed by atoms with Crippen molar-refractivity contribution in [3.05, 3.63) is 216 Å². The molecule has 0 radical (unpaired) electrons. The van der Waals surface area contributed by atoms with Crippen molar-refractivity contribution in [3.8, 4) is 55.6 Å². The minimum absolute atomic E-state index is 0.0915. The number of fused-ring (bicyclic) bond motifs is 12. The molecule has 0 saturated carbocycles. The van der Waals surface area contributed by atoms with E-state index in [-0.39, 0.29) is 5.41 Å². The van der Waals surface area contributed by atoms with Crippen molar-refractivity contribution in [3.63, 3.8) is 0 Å². The number of benzene rings is 10. The Bertz CT molecular complexity index is 3450. The molecule has 1 aliphatic carbocycles. The third kappa shape index (κ3) is 4.67. The summed E-state index contributed by atoms with van der Waals surface area (Å²) in [6.07, 6.45) is 0. The molecule has 0 atom stereocenters. The molecule has 10 aromatic carbocycles. The Balaban J connectivity index is 1.07. The van der Waals surface area contributed by atoms with Gasteiger partial charge in [0.2, 0.25) is 0 Å². The Morgan fingerprint density at radius 3 is 1.72 bits per heavy atom. The molecule has 0 unspecified atom stereocenters. The van der Waals surface area contributed by atoms with Crippen LogP contribution in [0.2, 0.25) is 0 Å². The number of hydrogen-bond acceptors (Lipinski definition) is 0. The van der Waals surface area contributed by atoms with Crippen molar-refractivity contribution in [2.45, 2.75) is 31.4 Å². The molecule has 13 rings (SSSR count). The van der Waals surface area contributed by atoms with Crippen LogP contribution in [-0.2, 0) is 17.5 Å². The summed E-state index contributed by atoms with van der Waals surface area (Å²) < 4.78 is 0. The lowest BCUT2D eigenvalue weighted by Gasteiger charge is -2.24. The lowest BCUT2D eigenvalue weighted by Crippen LogP contribution is -2.57. The molecule has 1 heteroatoms. The normalized spacial score (nSPS) is 15.0. The van der Waals surface area contributed by atoms with E-state index in [1.54, 1.807) is 21.5 Å². The van der Waals surface area contributed by atoms with Gasteiger partial charge in [0, 0.05) is 5.41 Å². The maximum absolute atomic E-state index is 2.56. The van der Waals surface area contributed by atoms with Crippen molar-refractivity contribution in [2.75, 3.05) is 0 Å². The molecular formula is C59H42Si. The summed E-state index contributed by atoms with van der Waals surface area (Å²) in [6.45, 7) is 4.78. The van der Waals surface area contributed by atoms with Gasteiger partial charge in [-0.15, -0.1) is 0 Å². The van der Waals surface area contributed by atoms with Crippen LogP contribution in [0.3, 0.4) is 0 Å². The average Bonchev–Trinajstić information content (AvgIpc) is 3.90. The highest BCUT2D eigenvalue weighted by Crippen LogP contribution is 2.52. The zero-order valence-corrected chi connectivity index (χ0v) is 34.9. The van der Waals surface area contributed by atoms with Crippen molar-refractivity contribution in [1.29, 1.82) is 0 Å². The van der Waals surface area contributed by atoms with Gasteiger partial charge in [0.15, 0.2) is 0 Å². The summed E-state index contributed by atoms with van der Waals surface area (Å²) in [5.74, 6) is 0. The molecule has 0 bridgehead atoms. The van der Waals surface area contributed by atoms with Gasteiger partial charge in [0.1, 0.15) is 8.07 Å². The SMILES string of the molecule is CC1(C)c2ccccc2-c2ccc(-c3c4ccccc4c(-c4ccc5c(c4)-c4ccccc4[Si]54Cc5ccccc5C4)c4ccc(-c5ccc6ccccc6c5)cc34)cc21. The summed E-state index contributed by atoms with van der Waals surface area (Å²) in [5, 5.41) is 10.9. The van der Waals surface area contributed by atoms with Crippen molar-refractivity contribution in [2.24, 2.45) is 0 Å². The third-order valence-corrected chi connectivity index (χ3v) is 19.5. The van der Waals surface area contributed by atoms with Crippen LogP contribution in [0.15, 0.2) is 194 Å². The van der Waals surface area contributed by atoms with Gasteiger partial charge in [0.05, 0.1) is 0 Å². The first-order chi connectivity index (χ1) is 29.5. The molecule has 3 aliphatic rings. The summed E-state index contributed by atoms with van der Waals surface area (Å²) in [7, 11) is -2.01. The fourth-order valence-electron chi connectivity index (χ4n) is 11.8. The second kappa shape index (κ2) is 12.4. The third-order valence-electron chi connectivity index (χ3n) is 14.6. The van der Waals surface area contributed by atoms with Crippen LogP contribution >= 0.6 is 0 Å². The lowest BCUT2D eigenvalue weighted by molar-refractivity contribution is 0.660. The van der Waals surface area contributed by atoms with Gasteiger partial charge in [0.25, 0.3) is 0 Å². The Hall–Kier alpha value is -6.80. The van der Waals surface area contributed by atoms with Gasteiger partial charge in [-0.25, -0.2) is 0 Å². The fraction of sp³-hybridized carbons (Fsp3) is 0.0847. The Labute approximate surface area is 352 Å². The molecule has 0 amide bonds. The standard InChI is InChI=1S/C59H42Si/c1-59(2)53-21-11-9-17-45(53)46-28-26-42(34-54(46)59)58-49-20-8-7-19-48(49)57(50-29-25-40(32-52(50)58)39-24-23-37-13-3-4-14-38(37)31-39)41-27-30-56-51(33-41)47-18-10-12-22-55(47)60(56)35-43-15-5-6-16-44(43)36-60/h3-34H,35-36H2,1-2H3. The predicted molar refractivity (Wildman–Crippen MR) is 257 cm³/mol. The first kappa shape index (κ1) is 34.1. The quantitative estimate of drug-likeness (QED) is 0.124. The summed E-state index contributed by atoms with van der Waals surface area (Å²) in [5.41, 5.74) is 19.1. The molecule has 1 spiro atoms. The first-order valence-electron chi connectivity index (χ1n) is 21.5. The van der Waals surface area contributed by atoms with Crippen LogP contribution < -0.4 is 10.4 Å². The highest BCUT2D eigenvalue weighted by Gasteiger charge is 2.49. The van der Waals surface area contributed by atoms with Crippen LogP contribution in [-0.4, -0.2) is 8.07 Å². The Kier molecular flexibility index (Phi) is 7.03. The van der Waals surface area contributed by atoms with E-state index in [2.05, 4.69) is 208 Å². The zero-order chi connectivity index (χ0) is 39.7. The van der Waals surface area contributed by atoms with Crippen LogP contribution in [0.1, 0.15) is 36.1 Å². The van der Waals surface area contributed by atoms with Gasteiger partial charge in [-0.1, -0.05) is 184 Å². The average molecular weight is 779 g/mol. The van der Waals surface area contributed by atoms with E-state index in [1.165, 1.54) is 111 Å². The number of rotatable bonds is 3. The Morgan fingerprint density at radius 2 is 0.900 bits per heavy atom. The molecule has 60 heavy (non-hydrogen) atoms. The maximum atomic E-state index is 2.56. The Morgan fingerprint density at radius 1 is 0.350 bits per heavy atom. The summed E-state index contributed by atoms with van der Waals surface area (Å²) >= 11 is 0. The smallest absolute Gasteiger partial charge is 0.0623 e. The van der Waals surface area contributed by atoms with E-state index < -0.39 is 8.07 Å². The highest BCUT2D eigenvalue weighted by molar-refractivity contribution is 7.05. The number of hydrogen-bond donors (Lipinski definition) is 0. The molecule has 282 valence electrons. The minimum atomic E-state index is -2.01. The second-order valence-corrected chi connectivity index (χ2v) is 22.0. The van der Waals surface area contributed by atoms with Gasteiger partial charge in [-0.2, -0.15) is 0 Å². The molecule has 0 fully saturated rings. The highest BCUT2D eigenvalue weighted by atomic mass is 28.3. The van der Waals surface area contributed by atoms with E-state index in [4.69, 9.17) is 0 Å². The molecule has 0 N–H and O–H groups in total. The van der Waals surface area contributed by atoms with E-state index in [0.29, 0.717) is 0 Å². The van der Waals surface area contributed by atoms with Crippen LogP contribution in [0.4, 0.5) is 0 Å². The summed E-state index contributed by atoms with van der Waals surface area (Å²) in [6, 6.07) is 76.8. The van der Waals surface area contributed by atoms with Crippen LogP contribution in [0.25, 0.3) is 88.0 Å². The summed E-state index contributed by atoms with van der Waals surface area (Å²) in [4.78, 5) is 0. The lowest BCUT2D eigenvalue weighted by atomic mass is 9.80. The fourth-order valence-corrected chi connectivity index (χ4v) is 17.3. The maximum Gasteiger partial charge on any atom is 0.128 e. The van der Waals surface area contributed by atoms with E-state index in [1.807, 2.05) is 0 Å². The van der Waals surface area contributed by atoms with E-state index in [0.717, 1.165) is 0 Å². The zero-order valence-electron chi connectivity index (χ0n) is 33.9. The van der Waals surface area contributed by atoms with Gasteiger partial charge in [-0.05, 0) is 157 Å². The van der Waals surface area contributed by atoms with Crippen molar-refractivity contribution >= 4 is 50.8 Å². The molecule has 0 aromatic heterocycles. The van der Waals surface area contributed by atoms with Crippen LogP contribution in [0, 0.1) is 0 Å².